The van der Waals surface area contributed by atoms with E-state index >= 15 is 0 Å². The van der Waals surface area contributed by atoms with Crippen molar-refractivity contribution in [2.75, 3.05) is 5.32 Å². The molecule has 0 saturated carbocycles. The van der Waals surface area contributed by atoms with Gasteiger partial charge in [-0.3, -0.25) is 4.79 Å². The number of carbonyl (C=O) groups excluding carboxylic acids is 2. The number of benzene rings is 3. The number of aromatic nitrogens is 1. The van der Waals surface area contributed by atoms with Crippen LogP contribution in [0.4, 0.5) is 5.69 Å². The molecule has 0 fully saturated rings. The molecule has 0 aliphatic rings. The molecule has 28 heavy (non-hydrogen) atoms. The van der Waals surface area contributed by atoms with Gasteiger partial charge < -0.3 is 14.5 Å². The summed E-state index contributed by atoms with van der Waals surface area (Å²) in [6.07, 6.45) is 0.773. The van der Waals surface area contributed by atoms with Crippen LogP contribution in [0, 0.1) is 0 Å². The maximum atomic E-state index is 12.6. The van der Waals surface area contributed by atoms with Crippen molar-refractivity contribution in [1.29, 1.82) is 0 Å². The molecule has 0 bridgehead atoms. The van der Waals surface area contributed by atoms with Gasteiger partial charge in [-0.05, 0) is 47.5 Å². The molecule has 1 N–H and O–H groups in total. The van der Waals surface area contributed by atoms with Gasteiger partial charge in [-0.2, -0.15) is 0 Å². The zero-order valence-electron chi connectivity index (χ0n) is 15.2. The summed E-state index contributed by atoms with van der Waals surface area (Å²) in [5.41, 5.74) is 2.11. The number of nitrogens with one attached hydrogen (secondary N) is 1. The van der Waals surface area contributed by atoms with Crippen molar-refractivity contribution in [1.82, 2.24) is 4.98 Å². The molecule has 1 aromatic heterocycles. The Balaban J connectivity index is 1.47. The van der Waals surface area contributed by atoms with Crippen molar-refractivity contribution in [2.24, 2.45) is 0 Å². The zero-order valence-corrected chi connectivity index (χ0v) is 15.2. The third-order valence-corrected chi connectivity index (χ3v) is 4.50. The Bertz CT molecular complexity index is 1170. The Morgan fingerprint density at radius 1 is 1.07 bits per heavy atom. The Kier molecular flexibility index (Phi) is 4.76. The van der Waals surface area contributed by atoms with Gasteiger partial charge in [-0.15, -0.1) is 0 Å². The quantitative estimate of drug-likeness (QED) is 0.518. The molecular weight excluding hydrogens is 356 g/mol. The van der Waals surface area contributed by atoms with Crippen LogP contribution in [0.15, 0.2) is 71.5 Å². The SMILES string of the molecule is CCC(OC(=O)c1ccc2ocnc2c1)C(=O)Nc1ccc2ccccc2c1. The summed E-state index contributed by atoms with van der Waals surface area (Å²) in [5.74, 6) is -0.945. The summed E-state index contributed by atoms with van der Waals surface area (Å²) in [5, 5.41) is 4.93. The van der Waals surface area contributed by atoms with Gasteiger partial charge in [0, 0.05) is 5.69 Å². The number of anilines is 1. The number of nitrogens with zero attached hydrogens (tertiary/aromatic N) is 1. The highest BCUT2D eigenvalue weighted by atomic mass is 16.5. The van der Waals surface area contributed by atoms with E-state index in [4.69, 9.17) is 9.15 Å². The van der Waals surface area contributed by atoms with Crippen LogP contribution in [0.2, 0.25) is 0 Å². The second-order valence-electron chi connectivity index (χ2n) is 6.39. The van der Waals surface area contributed by atoms with E-state index in [0.717, 1.165) is 10.8 Å². The summed E-state index contributed by atoms with van der Waals surface area (Å²) < 4.78 is 10.6. The van der Waals surface area contributed by atoms with Gasteiger partial charge in [0.25, 0.3) is 5.91 Å². The Labute approximate surface area is 161 Å². The molecule has 1 heterocycles. The van der Waals surface area contributed by atoms with E-state index in [0.29, 0.717) is 28.8 Å². The lowest BCUT2D eigenvalue weighted by Gasteiger charge is -2.16. The van der Waals surface area contributed by atoms with Gasteiger partial charge in [-0.25, -0.2) is 9.78 Å². The van der Waals surface area contributed by atoms with Crippen LogP contribution in [0.1, 0.15) is 23.7 Å². The van der Waals surface area contributed by atoms with E-state index in [1.807, 2.05) is 42.5 Å². The molecule has 1 unspecified atom stereocenters. The summed E-state index contributed by atoms with van der Waals surface area (Å²) in [6, 6.07) is 18.3. The second-order valence-corrected chi connectivity index (χ2v) is 6.39. The lowest BCUT2D eigenvalue weighted by Crippen LogP contribution is -2.32. The number of esters is 1. The van der Waals surface area contributed by atoms with Gasteiger partial charge in [0.1, 0.15) is 5.52 Å². The van der Waals surface area contributed by atoms with Crippen LogP contribution >= 0.6 is 0 Å². The number of carbonyl (C=O) groups is 2. The molecular formula is C22H18N2O4. The lowest BCUT2D eigenvalue weighted by molar-refractivity contribution is -0.124. The van der Waals surface area contributed by atoms with Crippen LogP contribution in [0.5, 0.6) is 0 Å². The van der Waals surface area contributed by atoms with Gasteiger partial charge in [-0.1, -0.05) is 37.3 Å². The number of hydrogen-bond donors (Lipinski definition) is 1. The third-order valence-electron chi connectivity index (χ3n) is 4.50. The molecule has 6 heteroatoms. The first-order valence-corrected chi connectivity index (χ1v) is 8.98. The van der Waals surface area contributed by atoms with Gasteiger partial charge >= 0.3 is 5.97 Å². The first-order chi connectivity index (χ1) is 13.6. The molecule has 6 nitrogen and oxygen atoms in total. The second kappa shape index (κ2) is 7.52. The predicted octanol–water partition coefficient (Wildman–Crippen LogP) is 4.56. The van der Waals surface area contributed by atoms with E-state index < -0.39 is 12.1 Å². The molecule has 1 amide bonds. The Morgan fingerprint density at radius 3 is 2.71 bits per heavy atom. The van der Waals surface area contributed by atoms with Crippen molar-refractivity contribution in [3.63, 3.8) is 0 Å². The fourth-order valence-electron chi connectivity index (χ4n) is 2.99. The summed E-state index contributed by atoms with van der Waals surface area (Å²) >= 11 is 0. The number of amides is 1. The van der Waals surface area contributed by atoms with E-state index in [-0.39, 0.29) is 5.91 Å². The zero-order chi connectivity index (χ0) is 19.5. The van der Waals surface area contributed by atoms with E-state index in [9.17, 15) is 9.59 Å². The normalized spacial score (nSPS) is 12.0. The van der Waals surface area contributed by atoms with Crippen molar-refractivity contribution in [3.05, 3.63) is 72.6 Å². The molecule has 140 valence electrons. The number of rotatable bonds is 5. The topological polar surface area (TPSA) is 81.4 Å². The average molecular weight is 374 g/mol. The molecule has 0 saturated heterocycles. The van der Waals surface area contributed by atoms with Crippen LogP contribution in [0.3, 0.4) is 0 Å². The Morgan fingerprint density at radius 2 is 1.89 bits per heavy atom. The molecule has 0 radical (unpaired) electrons. The first-order valence-electron chi connectivity index (χ1n) is 8.98. The highest BCUT2D eigenvalue weighted by Crippen LogP contribution is 2.20. The summed E-state index contributed by atoms with van der Waals surface area (Å²) in [7, 11) is 0. The first kappa shape index (κ1) is 17.7. The molecule has 4 rings (SSSR count). The van der Waals surface area contributed by atoms with E-state index in [1.54, 1.807) is 25.1 Å². The molecule has 1 atom stereocenters. The van der Waals surface area contributed by atoms with Crippen LogP contribution in [-0.4, -0.2) is 23.0 Å². The summed E-state index contributed by atoms with van der Waals surface area (Å²) in [4.78, 5) is 29.1. The minimum absolute atomic E-state index is 0.318. The fraction of sp³-hybridized carbons (Fsp3) is 0.136. The molecule has 0 aliphatic carbocycles. The van der Waals surface area contributed by atoms with Gasteiger partial charge in [0.05, 0.1) is 5.56 Å². The highest BCUT2D eigenvalue weighted by molar-refractivity contribution is 5.99. The number of ether oxygens (including phenoxy) is 1. The van der Waals surface area contributed by atoms with E-state index in [2.05, 4.69) is 10.3 Å². The lowest BCUT2D eigenvalue weighted by atomic mass is 10.1. The smallest absolute Gasteiger partial charge is 0.338 e. The highest BCUT2D eigenvalue weighted by Gasteiger charge is 2.22. The molecule has 3 aromatic carbocycles. The maximum absolute atomic E-state index is 12.6. The average Bonchev–Trinajstić information content (AvgIpc) is 3.19. The van der Waals surface area contributed by atoms with Crippen molar-refractivity contribution in [3.8, 4) is 0 Å². The van der Waals surface area contributed by atoms with Gasteiger partial charge in [0.15, 0.2) is 18.1 Å². The van der Waals surface area contributed by atoms with Crippen molar-refractivity contribution in [2.45, 2.75) is 19.4 Å². The standard InChI is InChI=1S/C22H18N2O4/c1-2-19(28-22(26)16-8-10-20-18(12-16)23-13-27-20)21(25)24-17-9-7-14-5-3-4-6-15(14)11-17/h3-13,19H,2H2,1H3,(H,24,25). The minimum atomic E-state index is -0.896. The van der Waals surface area contributed by atoms with Crippen LogP contribution in [-0.2, 0) is 9.53 Å². The van der Waals surface area contributed by atoms with Crippen LogP contribution < -0.4 is 5.32 Å². The molecule has 0 spiro atoms. The fourth-order valence-corrected chi connectivity index (χ4v) is 2.99. The minimum Gasteiger partial charge on any atom is -0.449 e. The van der Waals surface area contributed by atoms with Crippen LogP contribution in [0.25, 0.3) is 21.9 Å². The number of oxazole rings is 1. The molecule has 0 aliphatic heterocycles. The van der Waals surface area contributed by atoms with Crippen molar-refractivity contribution >= 4 is 39.4 Å². The summed E-state index contributed by atoms with van der Waals surface area (Å²) in [6.45, 7) is 1.79. The Hall–Kier alpha value is -3.67. The van der Waals surface area contributed by atoms with E-state index in [1.165, 1.54) is 6.39 Å². The third kappa shape index (κ3) is 3.57. The number of fused-ring (bicyclic) bond motifs is 2. The molecule has 4 aromatic rings. The number of hydrogen-bond acceptors (Lipinski definition) is 5. The van der Waals surface area contributed by atoms with Gasteiger partial charge in [0.2, 0.25) is 0 Å². The maximum Gasteiger partial charge on any atom is 0.338 e. The predicted molar refractivity (Wildman–Crippen MR) is 106 cm³/mol. The largest absolute Gasteiger partial charge is 0.449 e. The monoisotopic (exact) mass is 374 g/mol. The van der Waals surface area contributed by atoms with Crippen molar-refractivity contribution < 1.29 is 18.7 Å².